The molecule has 21 heavy (non-hydrogen) atoms. The number of anilines is 1. The van der Waals surface area contributed by atoms with Gasteiger partial charge in [-0.1, -0.05) is 30.9 Å². The van der Waals surface area contributed by atoms with Crippen LogP contribution in [0.15, 0.2) is 18.2 Å². The fourth-order valence-corrected chi connectivity index (χ4v) is 4.28. The summed E-state index contributed by atoms with van der Waals surface area (Å²) in [6.45, 7) is 0.757. The zero-order valence-electron chi connectivity index (χ0n) is 11.8. The Hall–Kier alpha value is -1.26. The van der Waals surface area contributed by atoms with Crippen LogP contribution in [0.25, 0.3) is 10.1 Å². The Morgan fingerprint density at radius 2 is 2.10 bits per heavy atom. The molecule has 1 fully saturated rings. The predicted molar refractivity (Wildman–Crippen MR) is 90.2 cm³/mol. The van der Waals surface area contributed by atoms with Crippen molar-refractivity contribution in [3.05, 3.63) is 28.1 Å². The third-order valence-electron chi connectivity index (χ3n) is 4.17. The van der Waals surface area contributed by atoms with Crippen LogP contribution in [-0.4, -0.2) is 12.5 Å². The third-order valence-corrected chi connectivity index (χ3v) is 5.57. The van der Waals surface area contributed by atoms with Gasteiger partial charge in [-0.15, -0.1) is 11.3 Å². The molecule has 0 saturated heterocycles. The van der Waals surface area contributed by atoms with Gasteiger partial charge >= 0.3 is 0 Å². The van der Waals surface area contributed by atoms with Crippen LogP contribution in [0.4, 0.5) is 5.69 Å². The van der Waals surface area contributed by atoms with Crippen molar-refractivity contribution in [1.29, 1.82) is 0 Å². The first-order valence-electron chi connectivity index (χ1n) is 7.41. The van der Waals surface area contributed by atoms with Crippen molar-refractivity contribution in [2.45, 2.75) is 32.1 Å². The summed E-state index contributed by atoms with van der Waals surface area (Å²) in [5.74, 6) is 0.558. The second-order valence-electron chi connectivity index (χ2n) is 5.70. The second-order valence-corrected chi connectivity index (χ2v) is 7.19. The maximum Gasteiger partial charge on any atom is 0.263 e. The monoisotopic (exact) mass is 322 g/mol. The van der Waals surface area contributed by atoms with Crippen molar-refractivity contribution in [1.82, 2.24) is 5.32 Å². The van der Waals surface area contributed by atoms with Crippen molar-refractivity contribution in [3.8, 4) is 0 Å². The van der Waals surface area contributed by atoms with Gasteiger partial charge in [-0.3, -0.25) is 4.79 Å². The summed E-state index contributed by atoms with van der Waals surface area (Å²) in [5, 5.41) is 4.62. The molecule has 1 aliphatic carbocycles. The highest BCUT2D eigenvalue weighted by molar-refractivity contribution is 7.21. The van der Waals surface area contributed by atoms with E-state index in [1.807, 2.05) is 12.1 Å². The van der Waals surface area contributed by atoms with Gasteiger partial charge in [0, 0.05) is 21.7 Å². The lowest BCUT2D eigenvalue weighted by molar-refractivity contribution is 0.0948. The minimum Gasteiger partial charge on any atom is -0.397 e. The van der Waals surface area contributed by atoms with E-state index in [0.717, 1.165) is 16.6 Å². The molecule has 1 heterocycles. The molecular weight excluding hydrogens is 304 g/mol. The Labute approximate surface area is 133 Å². The highest BCUT2D eigenvalue weighted by Gasteiger charge is 2.19. The average Bonchev–Trinajstić information content (AvgIpc) is 2.82. The summed E-state index contributed by atoms with van der Waals surface area (Å²) in [4.78, 5) is 12.9. The van der Waals surface area contributed by atoms with Gasteiger partial charge in [0.2, 0.25) is 0 Å². The van der Waals surface area contributed by atoms with Gasteiger partial charge in [0.15, 0.2) is 0 Å². The minimum absolute atomic E-state index is 0.0598. The normalized spacial score (nSPS) is 16.2. The van der Waals surface area contributed by atoms with Crippen LogP contribution < -0.4 is 11.1 Å². The molecule has 0 unspecified atom stereocenters. The number of benzene rings is 1. The molecule has 0 atom stereocenters. The number of nitrogens with two attached hydrogens (primary N) is 1. The fraction of sp³-hybridized carbons (Fsp3) is 0.438. The maximum atomic E-state index is 12.3. The van der Waals surface area contributed by atoms with Crippen LogP contribution in [-0.2, 0) is 0 Å². The summed E-state index contributed by atoms with van der Waals surface area (Å²) >= 11 is 7.40. The van der Waals surface area contributed by atoms with Gasteiger partial charge in [0.05, 0.1) is 5.69 Å². The molecule has 1 amide bonds. The molecule has 3 nitrogen and oxygen atoms in total. The lowest BCUT2D eigenvalue weighted by Crippen LogP contribution is -2.30. The highest BCUT2D eigenvalue weighted by atomic mass is 35.5. The van der Waals surface area contributed by atoms with Crippen molar-refractivity contribution in [2.75, 3.05) is 12.3 Å². The third kappa shape index (κ3) is 3.16. The molecule has 3 rings (SSSR count). The van der Waals surface area contributed by atoms with Gasteiger partial charge in [0.1, 0.15) is 4.88 Å². The number of rotatable bonds is 3. The lowest BCUT2D eigenvalue weighted by Gasteiger charge is -2.21. The zero-order chi connectivity index (χ0) is 14.8. The van der Waals surface area contributed by atoms with Crippen molar-refractivity contribution in [3.63, 3.8) is 0 Å². The van der Waals surface area contributed by atoms with Crippen LogP contribution in [0.1, 0.15) is 41.8 Å². The van der Waals surface area contributed by atoms with Crippen molar-refractivity contribution >= 4 is 44.6 Å². The molecule has 112 valence electrons. The number of halogens is 1. The van der Waals surface area contributed by atoms with Crippen LogP contribution in [0, 0.1) is 5.92 Å². The molecule has 5 heteroatoms. The van der Waals surface area contributed by atoms with Crippen molar-refractivity contribution in [2.24, 2.45) is 5.92 Å². The number of nitrogen functional groups attached to an aromatic ring is 1. The predicted octanol–water partition coefficient (Wildman–Crippen LogP) is 4.45. The first-order chi connectivity index (χ1) is 10.1. The molecule has 0 radical (unpaired) electrons. The van der Waals surface area contributed by atoms with Crippen LogP contribution in [0.2, 0.25) is 5.02 Å². The lowest BCUT2D eigenvalue weighted by atomic mass is 9.89. The quantitative estimate of drug-likeness (QED) is 0.877. The molecule has 1 aromatic carbocycles. The highest BCUT2D eigenvalue weighted by Crippen LogP contribution is 2.35. The number of carbonyl (C=O) groups is 1. The van der Waals surface area contributed by atoms with Crippen LogP contribution >= 0.6 is 22.9 Å². The van der Waals surface area contributed by atoms with Gasteiger partial charge in [-0.2, -0.15) is 0 Å². The van der Waals surface area contributed by atoms with E-state index >= 15 is 0 Å². The maximum absolute atomic E-state index is 12.3. The molecular formula is C16H19ClN2OS. The smallest absolute Gasteiger partial charge is 0.263 e. The Balaban J connectivity index is 1.73. The number of thiophene rings is 1. The molecule has 1 aromatic heterocycles. The van der Waals surface area contributed by atoms with E-state index in [2.05, 4.69) is 5.32 Å². The van der Waals surface area contributed by atoms with Gasteiger partial charge in [0.25, 0.3) is 5.91 Å². The number of carbonyl (C=O) groups excluding carboxylic acids is 1. The Morgan fingerprint density at radius 3 is 2.86 bits per heavy atom. The minimum atomic E-state index is -0.0598. The number of nitrogens with one attached hydrogen (secondary N) is 1. The number of hydrogen-bond donors (Lipinski definition) is 2. The van der Waals surface area contributed by atoms with E-state index in [4.69, 9.17) is 17.3 Å². The molecule has 0 spiro atoms. The Morgan fingerprint density at radius 1 is 1.33 bits per heavy atom. The summed E-state index contributed by atoms with van der Waals surface area (Å²) in [7, 11) is 0. The topological polar surface area (TPSA) is 55.1 Å². The van der Waals surface area contributed by atoms with Crippen LogP contribution in [0.3, 0.4) is 0 Å². The molecule has 1 saturated carbocycles. The molecule has 0 aliphatic heterocycles. The van der Waals surface area contributed by atoms with Gasteiger partial charge < -0.3 is 11.1 Å². The van der Waals surface area contributed by atoms with E-state index in [0.29, 0.717) is 21.5 Å². The fourth-order valence-electron chi connectivity index (χ4n) is 2.97. The van der Waals surface area contributed by atoms with E-state index in [1.54, 1.807) is 6.07 Å². The first-order valence-corrected chi connectivity index (χ1v) is 8.60. The standard InChI is InChI=1S/C16H19ClN2OS/c17-11-6-7-12-13(8-11)21-15(14(12)18)16(20)19-9-10-4-2-1-3-5-10/h6-8,10H,1-5,9,18H2,(H,19,20). The largest absolute Gasteiger partial charge is 0.397 e. The molecule has 1 aliphatic rings. The number of amides is 1. The first kappa shape index (κ1) is 14.7. The Kier molecular flexibility index (Phi) is 4.36. The van der Waals surface area contributed by atoms with E-state index in [-0.39, 0.29) is 5.91 Å². The van der Waals surface area contributed by atoms with Crippen LogP contribution in [0.5, 0.6) is 0 Å². The summed E-state index contributed by atoms with van der Waals surface area (Å²) in [5.41, 5.74) is 6.67. The SMILES string of the molecule is Nc1c(C(=O)NCC2CCCCC2)sc2cc(Cl)ccc12. The Bertz CT molecular complexity index is 662. The zero-order valence-corrected chi connectivity index (χ0v) is 13.4. The van der Waals surface area contributed by atoms with Gasteiger partial charge in [-0.25, -0.2) is 0 Å². The summed E-state index contributed by atoms with van der Waals surface area (Å²) < 4.78 is 0.961. The van der Waals surface area contributed by atoms with E-state index in [9.17, 15) is 4.79 Å². The summed E-state index contributed by atoms with van der Waals surface area (Å²) in [6.07, 6.45) is 6.33. The molecule has 2 aromatic rings. The average molecular weight is 323 g/mol. The van der Waals surface area contributed by atoms with E-state index in [1.165, 1.54) is 43.4 Å². The number of hydrogen-bond acceptors (Lipinski definition) is 3. The molecule has 0 bridgehead atoms. The second kappa shape index (κ2) is 6.24. The number of fused-ring (bicyclic) bond motifs is 1. The summed E-state index contributed by atoms with van der Waals surface area (Å²) in [6, 6.07) is 5.54. The van der Waals surface area contributed by atoms with Crippen molar-refractivity contribution < 1.29 is 4.79 Å². The van der Waals surface area contributed by atoms with Gasteiger partial charge in [-0.05, 0) is 37.0 Å². The van der Waals surface area contributed by atoms with E-state index < -0.39 is 0 Å². The molecule has 3 N–H and O–H groups in total.